The van der Waals surface area contributed by atoms with Crippen LogP contribution in [-0.2, 0) is 6.42 Å². The van der Waals surface area contributed by atoms with Crippen LogP contribution in [0.1, 0.15) is 27.0 Å². The van der Waals surface area contributed by atoms with Gasteiger partial charge in [0.1, 0.15) is 0 Å². The number of aryl methyl sites for hydroxylation is 2. The lowest BCUT2D eigenvalue weighted by molar-refractivity contribution is 0.0999. The Morgan fingerprint density at radius 1 is 1.15 bits per heavy atom. The van der Waals surface area contributed by atoms with E-state index in [-0.39, 0.29) is 5.78 Å². The molecule has 2 heteroatoms. The van der Waals surface area contributed by atoms with Crippen LogP contribution in [0.2, 0.25) is 0 Å². The van der Waals surface area contributed by atoms with Crippen LogP contribution in [0.4, 0.5) is 5.69 Å². The predicted molar refractivity (Wildman–Crippen MR) is 82.6 cm³/mol. The molecule has 0 spiro atoms. The third kappa shape index (κ3) is 2.34. The lowest BCUT2D eigenvalue weighted by Gasteiger charge is -2.19. The summed E-state index contributed by atoms with van der Waals surface area (Å²) in [7, 11) is 0. The van der Waals surface area contributed by atoms with Gasteiger partial charge in [-0.1, -0.05) is 35.9 Å². The molecule has 0 amide bonds. The highest BCUT2D eigenvalue weighted by Crippen LogP contribution is 2.27. The summed E-state index contributed by atoms with van der Waals surface area (Å²) in [6.45, 7) is 5.45. The molecule has 0 atom stereocenters. The molecule has 0 fully saturated rings. The van der Waals surface area contributed by atoms with E-state index in [0.717, 1.165) is 29.7 Å². The van der Waals surface area contributed by atoms with Gasteiger partial charge in [-0.2, -0.15) is 0 Å². The van der Waals surface area contributed by atoms with Gasteiger partial charge >= 0.3 is 0 Å². The highest BCUT2D eigenvalue weighted by atomic mass is 16.1. The van der Waals surface area contributed by atoms with E-state index in [4.69, 9.17) is 0 Å². The Morgan fingerprint density at radius 2 is 1.95 bits per heavy atom. The number of carbonyl (C=O) groups is 1. The van der Waals surface area contributed by atoms with Gasteiger partial charge in [-0.25, -0.2) is 0 Å². The molecule has 102 valence electrons. The third-order valence-corrected chi connectivity index (χ3v) is 4.01. The fourth-order valence-electron chi connectivity index (χ4n) is 2.87. The summed E-state index contributed by atoms with van der Waals surface area (Å²) in [5.74, 6) is 0.211. The fraction of sp³-hybridized carbons (Fsp3) is 0.278. The highest BCUT2D eigenvalue weighted by molar-refractivity contribution is 6.00. The molecule has 20 heavy (non-hydrogen) atoms. The number of hydrogen-bond acceptors (Lipinski definition) is 2. The SMILES string of the molecule is Cc1ccc(C)c(C(=O)CN2CCc3ccccc32)c1. The van der Waals surface area contributed by atoms with Crippen molar-refractivity contribution in [2.24, 2.45) is 0 Å². The molecule has 1 aliphatic rings. The Morgan fingerprint density at radius 3 is 2.80 bits per heavy atom. The van der Waals surface area contributed by atoms with Crippen molar-refractivity contribution >= 4 is 11.5 Å². The first-order valence-corrected chi connectivity index (χ1v) is 7.08. The maximum absolute atomic E-state index is 12.5. The number of rotatable bonds is 3. The van der Waals surface area contributed by atoms with E-state index in [1.807, 2.05) is 32.0 Å². The lowest BCUT2D eigenvalue weighted by atomic mass is 10.0. The predicted octanol–water partition coefficient (Wildman–Crippen LogP) is 3.55. The van der Waals surface area contributed by atoms with E-state index < -0.39 is 0 Å². The quantitative estimate of drug-likeness (QED) is 0.791. The monoisotopic (exact) mass is 265 g/mol. The smallest absolute Gasteiger partial charge is 0.182 e. The molecule has 3 rings (SSSR count). The molecular formula is C18H19NO. The highest BCUT2D eigenvalue weighted by Gasteiger charge is 2.21. The van der Waals surface area contributed by atoms with E-state index >= 15 is 0 Å². The Hall–Kier alpha value is -2.09. The number of Topliss-reactive ketones (excluding diaryl/α,β-unsaturated/α-hetero) is 1. The molecule has 0 aliphatic carbocycles. The summed E-state index contributed by atoms with van der Waals surface area (Å²) in [4.78, 5) is 14.7. The van der Waals surface area contributed by atoms with Gasteiger partial charge in [0, 0.05) is 17.8 Å². The number of hydrogen-bond donors (Lipinski definition) is 0. The van der Waals surface area contributed by atoms with Crippen molar-refractivity contribution in [3.63, 3.8) is 0 Å². The number of anilines is 1. The van der Waals surface area contributed by atoms with Gasteiger partial charge in [-0.05, 0) is 43.5 Å². The number of nitrogens with zero attached hydrogens (tertiary/aromatic N) is 1. The first-order valence-electron chi connectivity index (χ1n) is 7.08. The molecule has 1 aliphatic heterocycles. The molecule has 2 aromatic carbocycles. The first kappa shape index (κ1) is 12.9. The van der Waals surface area contributed by atoms with Gasteiger partial charge in [0.25, 0.3) is 0 Å². The molecule has 0 aromatic heterocycles. The van der Waals surface area contributed by atoms with Crippen molar-refractivity contribution in [2.75, 3.05) is 18.0 Å². The van der Waals surface area contributed by atoms with E-state index in [1.54, 1.807) is 0 Å². The number of fused-ring (bicyclic) bond motifs is 1. The standard InChI is InChI=1S/C18H19NO/c1-13-7-8-14(2)16(11-13)18(20)12-19-10-9-15-5-3-4-6-17(15)19/h3-8,11H,9-10,12H2,1-2H3. The zero-order valence-electron chi connectivity index (χ0n) is 12.0. The second-order valence-electron chi connectivity index (χ2n) is 5.54. The zero-order chi connectivity index (χ0) is 14.1. The van der Waals surface area contributed by atoms with E-state index in [1.165, 1.54) is 11.3 Å². The summed E-state index contributed by atoms with van der Waals surface area (Å²) >= 11 is 0. The topological polar surface area (TPSA) is 20.3 Å². The molecule has 0 radical (unpaired) electrons. The van der Waals surface area contributed by atoms with Crippen LogP contribution in [-0.4, -0.2) is 18.9 Å². The molecule has 2 nitrogen and oxygen atoms in total. The van der Waals surface area contributed by atoms with Crippen LogP contribution >= 0.6 is 0 Å². The number of benzene rings is 2. The normalized spacial score (nSPS) is 13.4. The van der Waals surface area contributed by atoms with Crippen LogP contribution in [0.15, 0.2) is 42.5 Å². The summed E-state index contributed by atoms with van der Waals surface area (Å²) in [6, 6.07) is 14.4. The van der Waals surface area contributed by atoms with Crippen molar-refractivity contribution in [3.05, 3.63) is 64.7 Å². The van der Waals surface area contributed by atoms with E-state index in [2.05, 4.69) is 29.2 Å². The molecule has 0 unspecified atom stereocenters. The van der Waals surface area contributed by atoms with Crippen LogP contribution in [0.5, 0.6) is 0 Å². The molecule has 0 N–H and O–H groups in total. The minimum atomic E-state index is 0.211. The Kier molecular flexibility index (Phi) is 3.31. The Labute approximate surface area is 120 Å². The maximum Gasteiger partial charge on any atom is 0.182 e. The van der Waals surface area contributed by atoms with E-state index in [0.29, 0.717) is 6.54 Å². The van der Waals surface area contributed by atoms with Crippen molar-refractivity contribution in [1.82, 2.24) is 0 Å². The number of carbonyl (C=O) groups excluding carboxylic acids is 1. The van der Waals surface area contributed by atoms with Crippen molar-refractivity contribution in [2.45, 2.75) is 20.3 Å². The third-order valence-electron chi connectivity index (χ3n) is 4.01. The molecule has 0 saturated carbocycles. The molecule has 0 bridgehead atoms. The molecule has 1 heterocycles. The van der Waals surface area contributed by atoms with Crippen LogP contribution in [0.25, 0.3) is 0 Å². The number of ketones is 1. The average molecular weight is 265 g/mol. The molecule has 2 aromatic rings. The summed E-state index contributed by atoms with van der Waals surface area (Å²) in [5.41, 5.74) is 5.62. The van der Waals surface area contributed by atoms with Crippen LogP contribution < -0.4 is 4.90 Å². The lowest BCUT2D eigenvalue weighted by Crippen LogP contribution is -2.28. The minimum absolute atomic E-state index is 0.211. The van der Waals surface area contributed by atoms with Gasteiger partial charge in [0.2, 0.25) is 0 Å². The first-order chi connectivity index (χ1) is 9.65. The molecule has 0 saturated heterocycles. The maximum atomic E-state index is 12.5. The zero-order valence-corrected chi connectivity index (χ0v) is 12.0. The second-order valence-corrected chi connectivity index (χ2v) is 5.54. The van der Waals surface area contributed by atoms with Gasteiger partial charge in [0.05, 0.1) is 6.54 Å². The van der Waals surface area contributed by atoms with Gasteiger partial charge in [-0.3, -0.25) is 4.79 Å². The summed E-state index contributed by atoms with van der Waals surface area (Å²) in [5, 5.41) is 0. The summed E-state index contributed by atoms with van der Waals surface area (Å²) < 4.78 is 0. The van der Waals surface area contributed by atoms with Crippen molar-refractivity contribution in [3.8, 4) is 0 Å². The van der Waals surface area contributed by atoms with Gasteiger partial charge in [0.15, 0.2) is 5.78 Å². The molecular weight excluding hydrogens is 246 g/mol. The number of para-hydroxylation sites is 1. The van der Waals surface area contributed by atoms with Crippen molar-refractivity contribution in [1.29, 1.82) is 0 Å². The van der Waals surface area contributed by atoms with Crippen molar-refractivity contribution < 1.29 is 4.79 Å². The Bertz CT molecular complexity index is 660. The van der Waals surface area contributed by atoms with Crippen LogP contribution in [0.3, 0.4) is 0 Å². The largest absolute Gasteiger partial charge is 0.363 e. The second kappa shape index (κ2) is 5.12. The summed E-state index contributed by atoms with van der Waals surface area (Å²) in [6.07, 6.45) is 1.04. The average Bonchev–Trinajstić information content (AvgIpc) is 2.85. The Balaban J connectivity index is 1.82. The van der Waals surface area contributed by atoms with Gasteiger partial charge in [-0.15, -0.1) is 0 Å². The minimum Gasteiger partial charge on any atom is -0.363 e. The fourth-order valence-corrected chi connectivity index (χ4v) is 2.87. The van der Waals surface area contributed by atoms with Gasteiger partial charge < -0.3 is 4.90 Å². The van der Waals surface area contributed by atoms with Crippen LogP contribution in [0, 0.1) is 13.8 Å². The van der Waals surface area contributed by atoms with E-state index in [9.17, 15) is 4.79 Å².